The van der Waals surface area contributed by atoms with Gasteiger partial charge in [0, 0.05) is 12.2 Å². The van der Waals surface area contributed by atoms with Crippen molar-refractivity contribution in [3.63, 3.8) is 0 Å². The number of rotatable bonds is 13. The smallest absolute Gasteiger partial charge is 0.445 e. The normalized spacial score (nSPS) is 23.4. The number of nitrogens with one attached hydrogen (secondary N) is 1. The zero-order valence-electron chi connectivity index (χ0n) is 20.4. The van der Waals surface area contributed by atoms with E-state index < -0.39 is 60.7 Å². The van der Waals surface area contributed by atoms with E-state index in [1.165, 1.54) is 32.5 Å². The Morgan fingerprint density at radius 2 is 1.95 bits per heavy atom. The van der Waals surface area contributed by atoms with Crippen molar-refractivity contribution in [3.05, 3.63) is 6.33 Å². The summed E-state index contributed by atoms with van der Waals surface area (Å²) >= 11 is 0. The number of imidazole rings is 1. The number of anilines is 2. The van der Waals surface area contributed by atoms with E-state index in [9.17, 15) is 33.4 Å². The van der Waals surface area contributed by atoms with Gasteiger partial charge in [0.15, 0.2) is 17.0 Å². The van der Waals surface area contributed by atoms with E-state index in [-0.39, 0.29) is 29.4 Å². The molecule has 0 radical (unpaired) electrons. The van der Waals surface area contributed by atoms with Gasteiger partial charge in [-0.1, -0.05) is 21.6 Å². The Kier molecular flexibility index (Phi) is 11.0. The maximum Gasteiger partial charge on any atom is 0.490 e. The van der Waals surface area contributed by atoms with Gasteiger partial charge in [-0.25, -0.2) is 23.5 Å². The summed E-state index contributed by atoms with van der Waals surface area (Å²) in [5.74, 6) is 0.256. The van der Waals surface area contributed by atoms with Crippen molar-refractivity contribution in [3.8, 4) is 0 Å². The summed E-state index contributed by atoms with van der Waals surface area (Å²) in [6.45, 7) is 0.849. The van der Waals surface area contributed by atoms with Crippen molar-refractivity contribution in [2.75, 3.05) is 29.7 Å². The molecule has 20 nitrogen and oxygen atoms in total. The first-order valence-electron chi connectivity index (χ1n) is 10.7. The number of hydrogen-bond acceptors (Lipinski definition) is 16. The molecule has 226 valence electrons. The van der Waals surface area contributed by atoms with Gasteiger partial charge in [0.05, 0.1) is 19.0 Å². The van der Waals surface area contributed by atoms with E-state index in [1.807, 2.05) is 6.26 Å². The van der Waals surface area contributed by atoms with Gasteiger partial charge in [-0.2, -0.15) is 18.6 Å². The van der Waals surface area contributed by atoms with Crippen LogP contribution in [-0.2, 0) is 36.3 Å². The van der Waals surface area contributed by atoms with Gasteiger partial charge in [-0.15, -0.1) is 0 Å². The van der Waals surface area contributed by atoms with E-state index in [0.717, 1.165) is 0 Å². The summed E-state index contributed by atoms with van der Waals surface area (Å²) in [5.41, 5.74) is 5.99. The summed E-state index contributed by atoms with van der Waals surface area (Å²) in [6.07, 6.45) is -1.75. The highest BCUT2D eigenvalue weighted by atomic mass is 33.1. The SMILES string of the molecule is CSSCC(C)OC(=O)Nc1nc(N)nc2c1ncn2[C@H]1CC(O)[C@@H](COP(=O)(O)OP(=O)(O)OP(=O)(O)O)O1. The van der Waals surface area contributed by atoms with Gasteiger partial charge in [0.2, 0.25) is 5.95 Å². The summed E-state index contributed by atoms with van der Waals surface area (Å²) in [5, 5.41) is 12.8. The van der Waals surface area contributed by atoms with E-state index in [4.69, 9.17) is 25.0 Å². The molecule has 3 heterocycles. The van der Waals surface area contributed by atoms with Gasteiger partial charge in [0.1, 0.15) is 18.4 Å². The predicted molar refractivity (Wildman–Crippen MR) is 140 cm³/mol. The number of nitrogens with two attached hydrogens (primary N) is 1. The minimum atomic E-state index is -5.71. The molecule has 1 amide bonds. The van der Waals surface area contributed by atoms with Crippen molar-refractivity contribution in [1.29, 1.82) is 0 Å². The van der Waals surface area contributed by atoms with Crippen molar-refractivity contribution in [1.82, 2.24) is 19.5 Å². The molecule has 40 heavy (non-hydrogen) atoms. The molecule has 1 aliphatic heterocycles. The van der Waals surface area contributed by atoms with Crippen LogP contribution in [0.25, 0.3) is 11.2 Å². The van der Waals surface area contributed by atoms with Gasteiger partial charge < -0.3 is 39.9 Å². The predicted octanol–water partition coefficient (Wildman–Crippen LogP) is 1.35. The Labute approximate surface area is 233 Å². The molecule has 4 unspecified atom stereocenters. The van der Waals surface area contributed by atoms with E-state index >= 15 is 0 Å². The fourth-order valence-corrected chi connectivity index (χ4v) is 7.65. The maximum absolute atomic E-state index is 12.3. The molecule has 0 spiro atoms. The Hall–Kier alpha value is -1.35. The zero-order chi connectivity index (χ0) is 29.9. The number of phosphoric acid groups is 3. The first-order chi connectivity index (χ1) is 18.5. The second-order valence-electron chi connectivity index (χ2n) is 7.87. The van der Waals surface area contributed by atoms with Crippen molar-refractivity contribution in [2.45, 2.75) is 37.9 Å². The molecule has 2 aromatic heterocycles. The molecule has 2 aromatic rings. The van der Waals surface area contributed by atoms with Gasteiger partial charge in [0.25, 0.3) is 0 Å². The third-order valence-electron chi connectivity index (χ3n) is 4.72. The number of carbonyl (C=O) groups excluding carboxylic acids is 1. The monoisotopic (exact) mass is 670 g/mol. The van der Waals surface area contributed by atoms with Crippen molar-refractivity contribution >= 4 is 74.1 Å². The molecule has 6 atom stereocenters. The number of amides is 1. The maximum atomic E-state index is 12.3. The molecule has 8 N–H and O–H groups in total. The molecule has 0 saturated carbocycles. The number of phosphoric ester groups is 1. The average Bonchev–Trinajstić information content (AvgIpc) is 3.36. The molecule has 1 fully saturated rings. The van der Waals surface area contributed by atoms with Crippen LogP contribution in [-0.4, -0.2) is 87.2 Å². The minimum absolute atomic E-state index is 0.0567. The molecule has 0 bridgehead atoms. The zero-order valence-corrected chi connectivity index (χ0v) is 24.8. The third-order valence-corrected chi connectivity index (χ3v) is 10.5. The molecule has 1 saturated heterocycles. The Morgan fingerprint density at radius 3 is 2.60 bits per heavy atom. The lowest BCUT2D eigenvalue weighted by Gasteiger charge is -2.19. The molecular weight excluding hydrogens is 645 g/mol. The van der Waals surface area contributed by atoms with Crippen LogP contribution < -0.4 is 11.1 Å². The fraction of sp³-hybridized carbons (Fsp3) is 0.600. The van der Waals surface area contributed by atoms with Gasteiger partial charge in [-0.3, -0.25) is 14.4 Å². The number of nitrogens with zero attached hydrogens (tertiary/aromatic N) is 4. The number of ether oxygens (including phenoxy) is 2. The Balaban J connectivity index is 1.68. The molecule has 25 heteroatoms. The average molecular weight is 670 g/mol. The third kappa shape index (κ3) is 9.60. The standard InChI is InChI=1S/C15H25N6O14P3S2/c1-7(5-40-39-2)32-15(23)19-12-11-13(20-14(16)18-12)21(6-17-11)10-3-8(22)9(33-10)4-31-37(27,28)35-38(29,30)34-36(24,25)26/h6-10,22H,3-5H2,1-2H3,(H,27,28)(H,29,30)(H2,24,25,26)(H3,16,18,19,20,23)/t7?,8?,9-,10-/m1/s1. The number of aromatic nitrogens is 4. The lowest BCUT2D eigenvalue weighted by molar-refractivity contribution is -0.0423. The van der Waals surface area contributed by atoms with Crippen LogP contribution in [0.1, 0.15) is 19.6 Å². The first kappa shape index (κ1) is 33.2. The van der Waals surface area contributed by atoms with Crippen LogP contribution in [0.4, 0.5) is 16.6 Å². The molecule has 0 aromatic carbocycles. The highest BCUT2D eigenvalue weighted by Gasteiger charge is 2.43. The molecule has 3 rings (SSSR count). The Morgan fingerprint density at radius 1 is 1.25 bits per heavy atom. The van der Waals surface area contributed by atoms with Crippen LogP contribution in [0.15, 0.2) is 6.33 Å². The van der Waals surface area contributed by atoms with E-state index in [2.05, 4.69) is 33.4 Å². The molecular formula is C15H25N6O14P3S2. The van der Waals surface area contributed by atoms with Gasteiger partial charge >= 0.3 is 29.6 Å². The number of aliphatic hydroxyl groups is 1. The quantitative estimate of drug-likeness (QED) is 0.117. The van der Waals surface area contributed by atoms with Gasteiger partial charge in [-0.05, 0) is 13.2 Å². The Bertz CT molecular complexity index is 1360. The molecule has 1 aliphatic rings. The second-order valence-corrected chi connectivity index (χ2v) is 14.9. The second kappa shape index (κ2) is 13.3. The number of aliphatic hydroxyl groups excluding tert-OH is 1. The van der Waals surface area contributed by atoms with Crippen molar-refractivity contribution < 1.29 is 65.8 Å². The molecule has 0 aliphatic carbocycles. The summed E-state index contributed by atoms with van der Waals surface area (Å²) in [6, 6.07) is 0. The number of carbonyl (C=O) groups is 1. The minimum Gasteiger partial charge on any atom is -0.445 e. The highest BCUT2D eigenvalue weighted by molar-refractivity contribution is 8.76. The van der Waals surface area contributed by atoms with Crippen LogP contribution in [0, 0.1) is 0 Å². The highest BCUT2D eigenvalue weighted by Crippen LogP contribution is 2.66. The van der Waals surface area contributed by atoms with Crippen LogP contribution >= 0.6 is 45.1 Å². The summed E-state index contributed by atoms with van der Waals surface area (Å²) in [4.78, 5) is 60.6. The van der Waals surface area contributed by atoms with Crippen LogP contribution in [0.2, 0.25) is 0 Å². The van der Waals surface area contributed by atoms with E-state index in [0.29, 0.717) is 5.75 Å². The number of hydrogen-bond donors (Lipinski definition) is 7. The number of fused-ring (bicyclic) bond motifs is 1. The largest absolute Gasteiger partial charge is 0.490 e. The van der Waals surface area contributed by atoms with E-state index in [1.54, 1.807) is 6.92 Å². The summed E-state index contributed by atoms with van der Waals surface area (Å²) < 4.78 is 58.2. The fourth-order valence-electron chi connectivity index (χ4n) is 3.24. The van der Waals surface area contributed by atoms with Crippen LogP contribution in [0.3, 0.4) is 0 Å². The lowest BCUT2D eigenvalue weighted by Crippen LogP contribution is -2.26. The first-order valence-corrected chi connectivity index (χ1v) is 18.0. The van der Waals surface area contributed by atoms with Crippen LogP contribution in [0.5, 0.6) is 0 Å². The lowest BCUT2D eigenvalue weighted by atomic mass is 10.2. The number of nitrogen functional groups attached to an aromatic ring is 1. The van der Waals surface area contributed by atoms with Crippen molar-refractivity contribution in [2.24, 2.45) is 0 Å². The topological polar surface area (TPSA) is 297 Å². The summed E-state index contributed by atoms with van der Waals surface area (Å²) in [7, 11) is -13.7.